The number of benzene rings is 1. The second-order valence-corrected chi connectivity index (χ2v) is 5.47. The van der Waals surface area contributed by atoms with Crippen molar-refractivity contribution in [2.24, 2.45) is 0 Å². The van der Waals surface area contributed by atoms with Crippen LogP contribution in [0.15, 0.2) is 30.3 Å². The first-order valence-corrected chi connectivity index (χ1v) is 7.24. The summed E-state index contributed by atoms with van der Waals surface area (Å²) in [6, 6.07) is 7.86. The average molecular weight is 351 g/mol. The number of hydrogen-bond acceptors (Lipinski definition) is 5. The van der Waals surface area contributed by atoms with Crippen molar-refractivity contribution in [3.63, 3.8) is 0 Å². The van der Waals surface area contributed by atoms with E-state index in [0.29, 0.717) is 16.7 Å². The predicted molar refractivity (Wildman–Crippen MR) is 79.0 cm³/mol. The van der Waals surface area contributed by atoms with Crippen LogP contribution in [0.25, 0.3) is 0 Å². The first-order chi connectivity index (χ1) is 11.8. The molecule has 9 heteroatoms. The molecule has 6 nitrogen and oxygen atoms in total. The third-order valence-electron chi connectivity index (χ3n) is 3.56. The van der Waals surface area contributed by atoms with Gasteiger partial charge in [0.2, 0.25) is 5.88 Å². The summed E-state index contributed by atoms with van der Waals surface area (Å²) in [7, 11) is 0. The average Bonchev–Trinajstić information content (AvgIpc) is 2.79. The minimum atomic E-state index is -4.48. The molecule has 2 aromatic rings. The van der Waals surface area contributed by atoms with E-state index in [-0.39, 0.29) is 18.1 Å². The Morgan fingerprint density at radius 2 is 1.68 bits per heavy atom. The smallest absolute Gasteiger partial charge is 0.422 e. The summed E-state index contributed by atoms with van der Waals surface area (Å²) in [5.41, 5.74) is 1.21. The van der Waals surface area contributed by atoms with Crippen LogP contribution in [0.4, 0.5) is 13.2 Å². The van der Waals surface area contributed by atoms with E-state index < -0.39 is 24.6 Å². The zero-order chi connectivity index (χ0) is 18.2. The standard InChI is InChI=1S/C16H12F3N3O3/c1-9-6-10(20-21-13(9)25-8-16(17,18)19)7-22-14(23)11-4-2-3-5-12(11)15(22)24/h2-6H,7-8H2,1H3. The minimum Gasteiger partial charge on any atom is -0.467 e. The zero-order valence-electron chi connectivity index (χ0n) is 13.0. The van der Waals surface area contributed by atoms with E-state index in [0.717, 1.165) is 4.90 Å². The van der Waals surface area contributed by atoms with Gasteiger partial charge in [0.05, 0.1) is 23.4 Å². The number of aryl methyl sites for hydroxylation is 1. The number of amides is 2. The minimum absolute atomic E-state index is 0.125. The number of rotatable bonds is 4. The highest BCUT2D eigenvalue weighted by atomic mass is 19.4. The van der Waals surface area contributed by atoms with E-state index in [2.05, 4.69) is 14.9 Å². The van der Waals surface area contributed by atoms with Crippen molar-refractivity contribution in [2.45, 2.75) is 19.6 Å². The molecule has 0 atom stereocenters. The number of ether oxygens (including phenoxy) is 1. The Bertz CT molecular complexity index is 817. The number of carbonyl (C=O) groups excluding carboxylic acids is 2. The van der Waals surface area contributed by atoms with Crippen LogP contribution >= 0.6 is 0 Å². The van der Waals surface area contributed by atoms with Gasteiger partial charge in [-0.15, -0.1) is 10.2 Å². The largest absolute Gasteiger partial charge is 0.467 e. The van der Waals surface area contributed by atoms with Crippen LogP contribution < -0.4 is 4.74 Å². The van der Waals surface area contributed by atoms with Gasteiger partial charge in [-0.1, -0.05) is 12.1 Å². The van der Waals surface area contributed by atoms with Crippen LogP contribution in [0.5, 0.6) is 5.88 Å². The number of fused-ring (bicyclic) bond motifs is 1. The number of carbonyl (C=O) groups is 2. The molecule has 2 amide bonds. The molecule has 0 unspecified atom stereocenters. The molecule has 0 aliphatic carbocycles. The fourth-order valence-corrected chi connectivity index (χ4v) is 2.44. The molecule has 25 heavy (non-hydrogen) atoms. The van der Waals surface area contributed by atoms with Crippen LogP contribution in [-0.4, -0.2) is 39.7 Å². The normalized spacial score (nSPS) is 14.0. The van der Waals surface area contributed by atoms with Crippen molar-refractivity contribution >= 4 is 11.8 Å². The van der Waals surface area contributed by atoms with Gasteiger partial charge in [-0.2, -0.15) is 13.2 Å². The van der Waals surface area contributed by atoms with Gasteiger partial charge in [0.15, 0.2) is 6.61 Å². The molecule has 0 bridgehead atoms. The SMILES string of the molecule is Cc1cc(CN2C(=O)c3ccccc3C2=O)nnc1OCC(F)(F)F. The molecule has 0 N–H and O–H groups in total. The molecule has 0 saturated carbocycles. The van der Waals surface area contributed by atoms with E-state index in [1.807, 2.05) is 0 Å². The summed E-state index contributed by atoms with van der Waals surface area (Å²) in [5, 5.41) is 7.35. The van der Waals surface area contributed by atoms with E-state index in [4.69, 9.17) is 0 Å². The number of aromatic nitrogens is 2. The van der Waals surface area contributed by atoms with E-state index in [1.54, 1.807) is 24.3 Å². The van der Waals surface area contributed by atoms with Crippen molar-refractivity contribution in [1.29, 1.82) is 0 Å². The Balaban J connectivity index is 1.75. The zero-order valence-corrected chi connectivity index (χ0v) is 13.0. The highest BCUT2D eigenvalue weighted by Gasteiger charge is 2.35. The second-order valence-electron chi connectivity index (χ2n) is 5.47. The van der Waals surface area contributed by atoms with Crippen LogP contribution in [0.1, 0.15) is 32.0 Å². The summed E-state index contributed by atoms with van der Waals surface area (Å²) in [6.45, 7) is -0.0910. The van der Waals surface area contributed by atoms with Gasteiger partial charge in [0.25, 0.3) is 11.8 Å². The maximum absolute atomic E-state index is 12.3. The molecule has 0 radical (unpaired) electrons. The Morgan fingerprint density at radius 1 is 1.08 bits per heavy atom. The summed E-state index contributed by atoms with van der Waals surface area (Å²) in [5.74, 6) is -1.14. The van der Waals surface area contributed by atoms with Crippen molar-refractivity contribution in [3.05, 3.63) is 52.7 Å². The van der Waals surface area contributed by atoms with Gasteiger partial charge in [-0.3, -0.25) is 14.5 Å². The van der Waals surface area contributed by atoms with Gasteiger partial charge < -0.3 is 4.74 Å². The highest BCUT2D eigenvalue weighted by molar-refractivity contribution is 6.21. The van der Waals surface area contributed by atoms with Gasteiger partial charge in [-0.25, -0.2) is 0 Å². The lowest BCUT2D eigenvalue weighted by Crippen LogP contribution is -2.29. The third-order valence-corrected chi connectivity index (χ3v) is 3.56. The van der Waals surface area contributed by atoms with E-state index >= 15 is 0 Å². The Labute approximate surface area is 140 Å². The van der Waals surface area contributed by atoms with Gasteiger partial charge in [0.1, 0.15) is 0 Å². The number of alkyl halides is 3. The second kappa shape index (κ2) is 6.15. The lowest BCUT2D eigenvalue weighted by Gasteiger charge is -2.14. The molecule has 3 rings (SSSR count). The summed E-state index contributed by atoms with van der Waals surface area (Å²) >= 11 is 0. The van der Waals surface area contributed by atoms with Crippen LogP contribution in [0, 0.1) is 6.92 Å². The summed E-state index contributed by atoms with van der Waals surface area (Å²) in [4.78, 5) is 25.6. The highest BCUT2D eigenvalue weighted by Crippen LogP contribution is 2.25. The Kier molecular flexibility index (Phi) is 4.15. The number of nitrogens with zero attached hydrogens (tertiary/aromatic N) is 3. The molecule has 1 aromatic carbocycles. The summed E-state index contributed by atoms with van der Waals surface area (Å²) < 4.78 is 41.1. The predicted octanol–water partition coefficient (Wildman–Crippen LogP) is 2.52. The fourth-order valence-electron chi connectivity index (χ4n) is 2.44. The van der Waals surface area contributed by atoms with Crippen LogP contribution in [-0.2, 0) is 6.54 Å². The third kappa shape index (κ3) is 3.44. The molecule has 130 valence electrons. The van der Waals surface area contributed by atoms with Crippen molar-refractivity contribution < 1.29 is 27.5 Å². The van der Waals surface area contributed by atoms with Crippen molar-refractivity contribution in [1.82, 2.24) is 15.1 Å². The quantitative estimate of drug-likeness (QED) is 0.792. The van der Waals surface area contributed by atoms with Gasteiger partial charge in [0, 0.05) is 5.56 Å². The van der Waals surface area contributed by atoms with Crippen LogP contribution in [0.2, 0.25) is 0 Å². The molecule has 0 saturated heterocycles. The molecule has 0 spiro atoms. The van der Waals surface area contributed by atoms with Crippen molar-refractivity contribution in [2.75, 3.05) is 6.61 Å². The number of imide groups is 1. The number of hydrogen-bond donors (Lipinski definition) is 0. The molecule has 1 aliphatic heterocycles. The molecule has 2 heterocycles. The molecular formula is C16H12F3N3O3. The topological polar surface area (TPSA) is 72.4 Å². The Morgan fingerprint density at radius 3 is 2.20 bits per heavy atom. The fraction of sp³-hybridized carbons (Fsp3) is 0.250. The first kappa shape index (κ1) is 16.9. The Hall–Kier alpha value is -2.97. The molecule has 1 aliphatic rings. The summed E-state index contributed by atoms with van der Waals surface area (Å²) in [6.07, 6.45) is -4.48. The molecular weight excluding hydrogens is 339 g/mol. The van der Waals surface area contributed by atoms with E-state index in [1.165, 1.54) is 13.0 Å². The lowest BCUT2D eigenvalue weighted by atomic mass is 10.1. The van der Waals surface area contributed by atoms with Gasteiger partial charge in [-0.05, 0) is 25.1 Å². The molecule has 1 aromatic heterocycles. The first-order valence-electron chi connectivity index (χ1n) is 7.24. The lowest BCUT2D eigenvalue weighted by molar-refractivity contribution is -0.154. The van der Waals surface area contributed by atoms with Gasteiger partial charge >= 0.3 is 6.18 Å². The van der Waals surface area contributed by atoms with E-state index in [9.17, 15) is 22.8 Å². The maximum Gasteiger partial charge on any atom is 0.422 e. The van der Waals surface area contributed by atoms with Crippen LogP contribution in [0.3, 0.4) is 0 Å². The van der Waals surface area contributed by atoms with Crippen molar-refractivity contribution in [3.8, 4) is 5.88 Å². The monoisotopic (exact) mass is 351 g/mol. The maximum atomic E-state index is 12.3. The number of halogens is 3. The molecule has 0 fully saturated rings.